The van der Waals surface area contributed by atoms with E-state index in [1.807, 2.05) is 13.8 Å². The molecule has 110 valence electrons. The molecule has 8 heteroatoms. The Kier molecular flexibility index (Phi) is 5.69. The number of aromatic nitrogens is 1. The van der Waals surface area contributed by atoms with Crippen LogP contribution in [0.25, 0.3) is 0 Å². The Morgan fingerprint density at radius 3 is 2.60 bits per heavy atom. The van der Waals surface area contributed by atoms with Crippen molar-refractivity contribution in [1.29, 1.82) is 0 Å². The Bertz CT molecular complexity index is 505. The molecule has 1 N–H and O–H groups in total. The third-order valence-corrected chi connectivity index (χ3v) is 3.05. The molecular weight excluding hydrogens is 284 g/mol. The van der Waals surface area contributed by atoms with Gasteiger partial charge in [0, 0.05) is 19.2 Å². The highest BCUT2D eigenvalue weighted by molar-refractivity contribution is 6.29. The average Bonchev–Trinajstić information content (AvgIpc) is 2.39. The minimum atomic E-state index is -0.625. The monoisotopic (exact) mass is 300 g/mol. The maximum absolute atomic E-state index is 12.1. The second-order valence-corrected chi connectivity index (χ2v) is 4.52. The van der Waals surface area contributed by atoms with Crippen molar-refractivity contribution in [3.05, 3.63) is 27.4 Å². The molecule has 0 fully saturated rings. The minimum absolute atomic E-state index is 0.00416. The molecule has 0 saturated carbocycles. The number of carbonyl (C=O) groups is 1. The van der Waals surface area contributed by atoms with Gasteiger partial charge in [-0.3, -0.25) is 14.9 Å². The number of halogens is 1. The van der Waals surface area contributed by atoms with Gasteiger partial charge in [-0.15, -0.1) is 0 Å². The van der Waals surface area contributed by atoms with Gasteiger partial charge in [-0.1, -0.05) is 11.6 Å². The van der Waals surface area contributed by atoms with Crippen LogP contribution < -0.4 is 5.32 Å². The fourth-order valence-electron chi connectivity index (χ4n) is 1.76. The molecule has 0 spiro atoms. The zero-order chi connectivity index (χ0) is 15.3. The van der Waals surface area contributed by atoms with Gasteiger partial charge >= 0.3 is 5.69 Å². The van der Waals surface area contributed by atoms with E-state index in [2.05, 4.69) is 10.3 Å². The second-order valence-electron chi connectivity index (χ2n) is 4.14. The lowest BCUT2D eigenvalue weighted by molar-refractivity contribution is -0.384. The van der Waals surface area contributed by atoms with Crippen molar-refractivity contribution in [3.8, 4) is 0 Å². The predicted molar refractivity (Wildman–Crippen MR) is 76.9 cm³/mol. The fraction of sp³-hybridized carbons (Fsp3) is 0.500. The summed E-state index contributed by atoms with van der Waals surface area (Å²) in [5.74, 6) is -0.151. The maximum atomic E-state index is 12.1. The van der Waals surface area contributed by atoms with Gasteiger partial charge in [0.15, 0.2) is 0 Å². The third-order valence-electron chi connectivity index (χ3n) is 2.84. The number of nitrogens with zero attached hydrogens (tertiary/aromatic N) is 3. The third kappa shape index (κ3) is 3.80. The van der Waals surface area contributed by atoms with E-state index in [1.54, 1.807) is 11.8 Å². The van der Waals surface area contributed by atoms with Gasteiger partial charge in [0.05, 0.1) is 4.92 Å². The second kappa shape index (κ2) is 7.04. The molecule has 1 aromatic rings. The summed E-state index contributed by atoms with van der Waals surface area (Å²) in [4.78, 5) is 28.0. The lowest BCUT2D eigenvalue weighted by atomic mass is 10.2. The number of nitrogens with one attached hydrogen (secondary N) is 1. The van der Waals surface area contributed by atoms with Crippen LogP contribution in [-0.4, -0.2) is 39.8 Å². The van der Waals surface area contributed by atoms with E-state index in [1.165, 1.54) is 12.1 Å². The molecule has 0 bridgehead atoms. The van der Waals surface area contributed by atoms with Crippen LogP contribution in [0, 0.1) is 10.1 Å². The van der Waals surface area contributed by atoms with Gasteiger partial charge in [0.25, 0.3) is 0 Å². The smallest absolute Gasteiger partial charge is 0.311 e. The summed E-state index contributed by atoms with van der Waals surface area (Å²) in [5.41, 5.74) is -0.214. The molecule has 0 saturated heterocycles. The van der Waals surface area contributed by atoms with Crippen molar-refractivity contribution in [2.24, 2.45) is 0 Å². The van der Waals surface area contributed by atoms with Crippen LogP contribution in [-0.2, 0) is 4.79 Å². The lowest BCUT2D eigenvalue weighted by Gasteiger charge is -2.23. The summed E-state index contributed by atoms with van der Waals surface area (Å²) in [7, 11) is 0. The quantitative estimate of drug-likeness (QED) is 0.495. The molecule has 1 atom stereocenters. The van der Waals surface area contributed by atoms with Gasteiger partial charge < -0.3 is 10.2 Å². The number of hydrogen-bond acceptors (Lipinski definition) is 5. The summed E-state index contributed by atoms with van der Waals surface area (Å²) in [6.45, 7) is 6.52. The van der Waals surface area contributed by atoms with E-state index in [-0.39, 0.29) is 22.6 Å². The maximum Gasteiger partial charge on any atom is 0.311 e. The van der Waals surface area contributed by atoms with E-state index in [0.29, 0.717) is 13.1 Å². The van der Waals surface area contributed by atoms with Crippen molar-refractivity contribution in [2.45, 2.75) is 26.8 Å². The molecule has 1 amide bonds. The molecule has 0 aliphatic heterocycles. The van der Waals surface area contributed by atoms with Gasteiger partial charge in [0.1, 0.15) is 11.2 Å². The highest BCUT2D eigenvalue weighted by Crippen LogP contribution is 2.24. The average molecular weight is 301 g/mol. The summed E-state index contributed by atoms with van der Waals surface area (Å²) < 4.78 is 0. The molecule has 0 aliphatic rings. The topological polar surface area (TPSA) is 88.4 Å². The number of anilines is 1. The normalized spacial score (nSPS) is 11.8. The van der Waals surface area contributed by atoms with Crippen LogP contribution in [0.2, 0.25) is 5.15 Å². The number of hydrogen-bond donors (Lipinski definition) is 1. The number of likely N-dealkylation sites (N-methyl/N-ethyl adjacent to an activating group) is 1. The summed E-state index contributed by atoms with van der Waals surface area (Å²) in [5, 5.41) is 13.8. The first-order valence-corrected chi connectivity index (χ1v) is 6.64. The number of carbonyl (C=O) groups excluding carboxylic acids is 1. The van der Waals surface area contributed by atoms with Crippen molar-refractivity contribution in [3.63, 3.8) is 0 Å². The summed E-state index contributed by atoms with van der Waals surface area (Å²) >= 11 is 5.73. The van der Waals surface area contributed by atoms with Crippen molar-refractivity contribution >= 4 is 29.0 Å². The Balaban J connectivity index is 2.95. The van der Waals surface area contributed by atoms with Gasteiger partial charge in [0.2, 0.25) is 11.7 Å². The molecule has 0 radical (unpaired) electrons. The highest BCUT2D eigenvalue weighted by atomic mass is 35.5. The molecule has 1 aromatic heterocycles. The fourth-order valence-corrected chi connectivity index (χ4v) is 1.90. The van der Waals surface area contributed by atoms with E-state index in [4.69, 9.17) is 11.6 Å². The number of rotatable bonds is 6. The SMILES string of the molecule is CCN(CC)C(=O)C(C)Nc1nc(Cl)ccc1[N+](=O)[O-]. The van der Waals surface area contributed by atoms with E-state index in [9.17, 15) is 14.9 Å². The molecule has 1 rings (SSSR count). The first-order valence-electron chi connectivity index (χ1n) is 6.26. The van der Waals surface area contributed by atoms with Gasteiger partial charge in [-0.2, -0.15) is 0 Å². The van der Waals surface area contributed by atoms with Crippen LogP contribution >= 0.6 is 11.6 Å². The van der Waals surface area contributed by atoms with E-state index < -0.39 is 11.0 Å². The van der Waals surface area contributed by atoms with Crippen LogP contribution in [0.3, 0.4) is 0 Å². The van der Waals surface area contributed by atoms with Crippen LogP contribution in [0.1, 0.15) is 20.8 Å². The molecule has 0 aliphatic carbocycles. The van der Waals surface area contributed by atoms with E-state index in [0.717, 1.165) is 0 Å². The van der Waals surface area contributed by atoms with Crippen molar-refractivity contribution in [1.82, 2.24) is 9.88 Å². The van der Waals surface area contributed by atoms with Crippen molar-refractivity contribution in [2.75, 3.05) is 18.4 Å². The number of amides is 1. The largest absolute Gasteiger partial charge is 0.353 e. The minimum Gasteiger partial charge on any atom is -0.353 e. The Morgan fingerprint density at radius 1 is 1.50 bits per heavy atom. The number of pyridine rings is 1. The molecular formula is C12H17ClN4O3. The summed E-state index contributed by atoms with van der Waals surface area (Å²) in [6, 6.07) is 1.97. The highest BCUT2D eigenvalue weighted by Gasteiger charge is 2.23. The number of nitro groups is 1. The van der Waals surface area contributed by atoms with Crippen LogP contribution in [0.4, 0.5) is 11.5 Å². The molecule has 20 heavy (non-hydrogen) atoms. The zero-order valence-electron chi connectivity index (χ0n) is 11.6. The molecule has 1 heterocycles. The first-order chi connectivity index (χ1) is 9.40. The van der Waals surface area contributed by atoms with E-state index >= 15 is 0 Å². The first kappa shape index (κ1) is 16.2. The Labute approximate surface area is 122 Å². The zero-order valence-corrected chi connectivity index (χ0v) is 12.3. The summed E-state index contributed by atoms with van der Waals surface area (Å²) in [6.07, 6.45) is 0. The predicted octanol–water partition coefficient (Wildman–Crippen LogP) is 2.31. The molecule has 0 aromatic carbocycles. The van der Waals surface area contributed by atoms with Crippen molar-refractivity contribution < 1.29 is 9.72 Å². The van der Waals surface area contributed by atoms with Crippen LogP contribution in [0.15, 0.2) is 12.1 Å². The molecule has 1 unspecified atom stereocenters. The Morgan fingerprint density at radius 2 is 2.10 bits per heavy atom. The standard InChI is InChI=1S/C12H17ClN4O3/c1-4-16(5-2)12(18)8(3)14-11-9(17(19)20)6-7-10(13)15-11/h6-8H,4-5H2,1-3H3,(H,14,15). The van der Waals surface area contributed by atoms with Crippen LogP contribution in [0.5, 0.6) is 0 Å². The van der Waals surface area contributed by atoms with Gasteiger partial charge in [-0.05, 0) is 26.8 Å². The molecule has 7 nitrogen and oxygen atoms in total. The Hall–Kier alpha value is -1.89. The lowest BCUT2D eigenvalue weighted by Crippen LogP contribution is -2.41. The van der Waals surface area contributed by atoms with Gasteiger partial charge in [-0.25, -0.2) is 4.98 Å².